The Morgan fingerprint density at radius 3 is 2.52 bits per heavy atom. The predicted octanol–water partition coefficient (Wildman–Crippen LogP) is 3.24. The molecule has 0 bridgehead atoms. The van der Waals surface area contributed by atoms with Crippen molar-refractivity contribution in [2.75, 3.05) is 37.5 Å². The number of pyridine rings is 1. The van der Waals surface area contributed by atoms with Crippen LogP contribution in [0.25, 0.3) is 0 Å². The second kappa shape index (κ2) is 10.2. The summed E-state index contributed by atoms with van der Waals surface area (Å²) in [4.78, 5) is 11.2. The molecule has 2 heterocycles. The number of anilines is 2. The highest BCUT2D eigenvalue weighted by Gasteiger charge is 2.12. The van der Waals surface area contributed by atoms with E-state index in [0.717, 1.165) is 30.2 Å². The lowest BCUT2D eigenvalue weighted by atomic mass is 10.2. The highest BCUT2D eigenvalue weighted by molar-refractivity contribution is 14.0. The Kier molecular flexibility index (Phi) is 7.96. The van der Waals surface area contributed by atoms with Crippen molar-refractivity contribution in [3.8, 4) is 11.5 Å². The van der Waals surface area contributed by atoms with E-state index in [4.69, 9.17) is 15.2 Å². The minimum Gasteiger partial charge on any atom is -0.493 e. The number of aromatic nitrogens is 1. The highest BCUT2D eigenvalue weighted by Crippen LogP contribution is 2.29. The number of ether oxygens (including phenoxy) is 2. The first-order valence-electron chi connectivity index (χ1n) is 8.68. The summed E-state index contributed by atoms with van der Waals surface area (Å²) >= 11 is 0. The van der Waals surface area contributed by atoms with Crippen LogP contribution in [0.4, 0.5) is 11.5 Å². The van der Waals surface area contributed by atoms with Crippen LogP contribution in [0.2, 0.25) is 0 Å². The number of guanidine groups is 1. The molecule has 0 radical (unpaired) electrons. The van der Waals surface area contributed by atoms with Crippen molar-refractivity contribution in [2.24, 2.45) is 10.7 Å². The Morgan fingerprint density at radius 2 is 1.89 bits per heavy atom. The summed E-state index contributed by atoms with van der Waals surface area (Å²) in [5.74, 6) is 2.66. The van der Waals surface area contributed by atoms with Gasteiger partial charge in [0.1, 0.15) is 5.82 Å². The van der Waals surface area contributed by atoms with Gasteiger partial charge in [0.05, 0.1) is 20.8 Å². The Hall–Kier alpha value is -2.23. The quantitative estimate of drug-likeness (QED) is 0.373. The number of nitrogens with zero attached hydrogens (tertiary/aromatic N) is 3. The molecule has 1 aromatic heterocycles. The molecule has 0 aliphatic carbocycles. The maximum Gasteiger partial charge on any atom is 0.193 e. The molecule has 2 aromatic rings. The van der Waals surface area contributed by atoms with Crippen LogP contribution in [0.15, 0.2) is 41.5 Å². The monoisotopic (exact) mass is 483 g/mol. The van der Waals surface area contributed by atoms with Crippen LogP contribution < -0.4 is 25.4 Å². The lowest BCUT2D eigenvalue weighted by Gasteiger charge is -2.16. The van der Waals surface area contributed by atoms with Crippen LogP contribution >= 0.6 is 24.0 Å². The van der Waals surface area contributed by atoms with Gasteiger partial charge in [0.2, 0.25) is 0 Å². The van der Waals surface area contributed by atoms with Crippen molar-refractivity contribution in [2.45, 2.75) is 19.4 Å². The fourth-order valence-electron chi connectivity index (χ4n) is 2.92. The van der Waals surface area contributed by atoms with Crippen molar-refractivity contribution in [1.82, 2.24) is 4.98 Å². The first kappa shape index (κ1) is 21.1. The van der Waals surface area contributed by atoms with Gasteiger partial charge in [0.15, 0.2) is 17.5 Å². The second-order valence-corrected chi connectivity index (χ2v) is 6.12. The number of aliphatic imine (C=N–C) groups is 1. The van der Waals surface area contributed by atoms with Crippen molar-refractivity contribution < 1.29 is 9.47 Å². The van der Waals surface area contributed by atoms with Gasteiger partial charge in [0, 0.05) is 31.0 Å². The summed E-state index contributed by atoms with van der Waals surface area (Å²) in [6, 6.07) is 9.58. The number of halogens is 1. The van der Waals surface area contributed by atoms with Gasteiger partial charge in [-0.2, -0.15) is 0 Å². The summed E-state index contributed by atoms with van der Waals surface area (Å²) < 4.78 is 10.5. The number of hydrogen-bond donors (Lipinski definition) is 2. The van der Waals surface area contributed by atoms with E-state index in [1.807, 2.05) is 36.5 Å². The molecular formula is C19H26IN5O2. The van der Waals surface area contributed by atoms with E-state index in [1.54, 1.807) is 14.2 Å². The van der Waals surface area contributed by atoms with E-state index >= 15 is 0 Å². The zero-order chi connectivity index (χ0) is 18.4. The zero-order valence-corrected chi connectivity index (χ0v) is 18.0. The van der Waals surface area contributed by atoms with Gasteiger partial charge in [0.25, 0.3) is 0 Å². The summed E-state index contributed by atoms with van der Waals surface area (Å²) in [6.07, 6.45) is 4.35. The summed E-state index contributed by atoms with van der Waals surface area (Å²) in [7, 11) is 3.20. The van der Waals surface area contributed by atoms with E-state index in [9.17, 15) is 0 Å². The van der Waals surface area contributed by atoms with Crippen LogP contribution in [0.5, 0.6) is 11.5 Å². The van der Waals surface area contributed by atoms with Gasteiger partial charge in [-0.1, -0.05) is 6.07 Å². The Balaban J connectivity index is 0.00000261. The number of hydrogen-bond acceptors (Lipinski definition) is 5. The molecule has 146 valence electrons. The summed E-state index contributed by atoms with van der Waals surface area (Å²) in [5.41, 5.74) is 7.79. The summed E-state index contributed by atoms with van der Waals surface area (Å²) in [6.45, 7) is 2.65. The topological polar surface area (TPSA) is 85.0 Å². The smallest absolute Gasteiger partial charge is 0.193 e. The largest absolute Gasteiger partial charge is 0.493 e. The third kappa shape index (κ3) is 5.62. The van der Waals surface area contributed by atoms with Gasteiger partial charge in [-0.3, -0.25) is 0 Å². The molecule has 0 unspecified atom stereocenters. The zero-order valence-electron chi connectivity index (χ0n) is 15.6. The molecule has 1 saturated heterocycles. The SMILES string of the molecule is COc1ccc(NC(N)=NCc2ccc(N3CCCC3)nc2)cc1OC.I. The van der Waals surface area contributed by atoms with Crippen LogP contribution in [0, 0.1) is 0 Å². The van der Waals surface area contributed by atoms with Crippen molar-refractivity contribution in [1.29, 1.82) is 0 Å². The van der Waals surface area contributed by atoms with E-state index in [-0.39, 0.29) is 24.0 Å². The van der Waals surface area contributed by atoms with Gasteiger partial charge in [-0.15, -0.1) is 24.0 Å². The van der Waals surface area contributed by atoms with E-state index in [2.05, 4.69) is 20.2 Å². The third-order valence-corrected chi connectivity index (χ3v) is 4.33. The maximum atomic E-state index is 5.98. The standard InChI is InChI=1S/C19H25N5O2.HI/c1-25-16-7-6-15(11-17(16)26-2)23-19(20)22-13-14-5-8-18(21-12-14)24-9-3-4-10-24;/h5-8,11-12H,3-4,9-10,13H2,1-2H3,(H3,20,22,23);1H. The molecule has 0 spiro atoms. The predicted molar refractivity (Wildman–Crippen MR) is 120 cm³/mol. The minimum absolute atomic E-state index is 0. The molecule has 1 aliphatic rings. The van der Waals surface area contributed by atoms with Crippen LogP contribution in [0.3, 0.4) is 0 Å². The minimum atomic E-state index is 0. The van der Waals surface area contributed by atoms with Gasteiger partial charge < -0.3 is 25.4 Å². The van der Waals surface area contributed by atoms with Gasteiger partial charge in [-0.05, 0) is 36.6 Å². The number of nitrogens with two attached hydrogens (primary N) is 1. The molecule has 0 atom stereocenters. The second-order valence-electron chi connectivity index (χ2n) is 6.12. The molecule has 7 nitrogen and oxygen atoms in total. The Morgan fingerprint density at radius 1 is 1.15 bits per heavy atom. The van der Waals surface area contributed by atoms with E-state index < -0.39 is 0 Å². The summed E-state index contributed by atoms with van der Waals surface area (Å²) in [5, 5.41) is 3.06. The molecule has 0 amide bonds. The van der Waals surface area contributed by atoms with E-state index in [1.165, 1.54) is 12.8 Å². The van der Waals surface area contributed by atoms with Crippen LogP contribution in [-0.4, -0.2) is 38.3 Å². The first-order valence-corrected chi connectivity index (χ1v) is 8.68. The molecule has 1 aliphatic heterocycles. The van der Waals surface area contributed by atoms with Gasteiger partial charge >= 0.3 is 0 Å². The molecule has 27 heavy (non-hydrogen) atoms. The molecule has 0 saturated carbocycles. The number of nitrogens with one attached hydrogen (secondary N) is 1. The molecule has 8 heteroatoms. The first-order chi connectivity index (χ1) is 12.7. The molecule has 1 aromatic carbocycles. The van der Waals surface area contributed by atoms with Crippen LogP contribution in [0.1, 0.15) is 18.4 Å². The number of methoxy groups -OCH3 is 2. The van der Waals surface area contributed by atoms with Crippen molar-refractivity contribution in [3.63, 3.8) is 0 Å². The average Bonchev–Trinajstić information content (AvgIpc) is 3.21. The maximum absolute atomic E-state index is 5.98. The number of rotatable bonds is 6. The normalized spacial score (nSPS) is 13.9. The molecule has 3 rings (SSSR count). The Labute approximate surface area is 177 Å². The van der Waals surface area contributed by atoms with Crippen LogP contribution in [-0.2, 0) is 6.54 Å². The molecule has 1 fully saturated rings. The lowest BCUT2D eigenvalue weighted by Crippen LogP contribution is -2.22. The van der Waals surface area contributed by atoms with Gasteiger partial charge in [-0.25, -0.2) is 9.98 Å². The molecule has 3 N–H and O–H groups in total. The van der Waals surface area contributed by atoms with Crippen molar-refractivity contribution in [3.05, 3.63) is 42.1 Å². The van der Waals surface area contributed by atoms with Crippen molar-refractivity contribution >= 4 is 41.4 Å². The fraction of sp³-hybridized carbons (Fsp3) is 0.368. The average molecular weight is 483 g/mol. The fourth-order valence-corrected chi connectivity index (χ4v) is 2.92. The van der Waals surface area contributed by atoms with E-state index in [0.29, 0.717) is 24.0 Å². The molecular weight excluding hydrogens is 457 g/mol. The lowest BCUT2D eigenvalue weighted by molar-refractivity contribution is 0.355. The number of benzene rings is 1. The highest BCUT2D eigenvalue weighted by atomic mass is 127. The Bertz CT molecular complexity index is 761. The third-order valence-electron chi connectivity index (χ3n) is 4.33.